The van der Waals surface area contributed by atoms with Gasteiger partial charge in [0.15, 0.2) is 5.75 Å². The summed E-state index contributed by atoms with van der Waals surface area (Å²) in [5.41, 5.74) is 4.91. The van der Waals surface area contributed by atoms with Crippen molar-refractivity contribution in [3.63, 3.8) is 0 Å². The van der Waals surface area contributed by atoms with Crippen LogP contribution in [0.1, 0.15) is 0 Å². The molecule has 0 spiro atoms. The summed E-state index contributed by atoms with van der Waals surface area (Å²) in [7, 11) is -7.33. The fraction of sp³-hybridized carbons (Fsp3) is 0. The lowest BCUT2D eigenvalue weighted by atomic mass is 10.3. The number of hydrogen-bond donors (Lipinski definition) is 2. The van der Waals surface area contributed by atoms with Gasteiger partial charge in [-0.25, -0.2) is 16.8 Å². The van der Waals surface area contributed by atoms with Crippen LogP contribution in [0.2, 0.25) is 0 Å². The summed E-state index contributed by atoms with van der Waals surface area (Å²) in [5.74, 6) is -0.639. The van der Waals surface area contributed by atoms with Crippen molar-refractivity contribution >= 4 is 25.4 Å². The molecule has 6 nitrogen and oxygen atoms in total. The second-order valence-corrected chi connectivity index (χ2v) is 6.73. The lowest BCUT2D eigenvalue weighted by molar-refractivity contribution is 0.462. The van der Waals surface area contributed by atoms with E-state index in [0.717, 1.165) is 0 Å². The number of hydrogen-bond acceptors (Lipinski definition) is 6. The van der Waals surface area contributed by atoms with E-state index < -0.39 is 25.4 Å². The molecule has 0 radical (unpaired) electrons. The van der Waals surface area contributed by atoms with Gasteiger partial charge in [0.25, 0.3) is 0 Å². The summed E-state index contributed by atoms with van der Waals surface area (Å²) in [6, 6.07) is 0. The Labute approximate surface area is 78.8 Å². The minimum Gasteiger partial charge on any atom is -0.504 e. The standard InChI is InChI=1S/C6H3NO5S2/c7-1-2(8)4-6(14(4,11)12)5-3(1)13(5,9)10/h8H,7H2. The van der Waals surface area contributed by atoms with E-state index in [2.05, 4.69) is 0 Å². The predicted octanol–water partition coefficient (Wildman–Crippen LogP) is -0.733. The summed E-state index contributed by atoms with van der Waals surface area (Å²) in [6.45, 7) is 0. The highest BCUT2D eigenvalue weighted by Crippen LogP contribution is 2.63. The fourth-order valence-electron chi connectivity index (χ4n) is 1.57. The van der Waals surface area contributed by atoms with Gasteiger partial charge in [-0.1, -0.05) is 0 Å². The first kappa shape index (κ1) is 8.06. The maximum absolute atomic E-state index is 11.2. The average Bonchev–Trinajstić information content (AvgIpc) is 2.80. The van der Waals surface area contributed by atoms with E-state index in [1.54, 1.807) is 0 Å². The van der Waals surface area contributed by atoms with Gasteiger partial charge >= 0.3 is 0 Å². The lowest BCUT2D eigenvalue weighted by Gasteiger charge is -1.89. The molecule has 0 atom stereocenters. The number of fused-ring (bicyclic) bond motifs is 3. The van der Waals surface area contributed by atoms with Gasteiger partial charge < -0.3 is 10.8 Å². The molecular formula is C6H3NO5S2. The Morgan fingerprint density at radius 1 is 0.857 bits per heavy atom. The molecule has 0 aromatic heterocycles. The molecule has 0 saturated carbocycles. The molecule has 0 unspecified atom stereocenters. The minimum atomic E-state index is -3.69. The number of benzene rings is 1. The molecule has 0 aliphatic carbocycles. The molecule has 2 aliphatic rings. The van der Waals surface area contributed by atoms with Crippen molar-refractivity contribution in [3.05, 3.63) is 0 Å². The van der Waals surface area contributed by atoms with Gasteiger partial charge in [0.2, 0.25) is 19.7 Å². The van der Waals surface area contributed by atoms with Crippen LogP contribution in [0, 0.1) is 0 Å². The summed E-state index contributed by atoms with van der Waals surface area (Å²) in [5, 5.41) is 9.27. The zero-order chi connectivity index (χ0) is 10.5. The number of anilines is 1. The number of phenols is 1. The van der Waals surface area contributed by atoms with Crippen molar-refractivity contribution in [3.8, 4) is 5.75 Å². The zero-order valence-corrected chi connectivity index (χ0v) is 8.11. The van der Waals surface area contributed by atoms with Crippen molar-refractivity contribution in [1.29, 1.82) is 0 Å². The molecule has 74 valence electrons. The molecule has 2 aliphatic heterocycles. The molecule has 0 amide bonds. The fourth-order valence-corrected chi connectivity index (χ4v) is 5.39. The third kappa shape index (κ3) is 0.555. The molecule has 1 aromatic carbocycles. The number of rotatable bonds is 0. The second-order valence-electron chi connectivity index (χ2n) is 3.09. The summed E-state index contributed by atoms with van der Waals surface area (Å²) in [4.78, 5) is -1.09. The van der Waals surface area contributed by atoms with E-state index in [-0.39, 0.29) is 25.3 Å². The average molecular weight is 233 g/mol. The number of nitrogens with two attached hydrogens (primary N) is 1. The molecule has 2 heterocycles. The van der Waals surface area contributed by atoms with Crippen LogP contribution >= 0.6 is 0 Å². The van der Waals surface area contributed by atoms with Gasteiger partial charge in [0, 0.05) is 0 Å². The van der Waals surface area contributed by atoms with Crippen LogP contribution in [0.3, 0.4) is 0 Å². The van der Waals surface area contributed by atoms with Crippen LogP contribution < -0.4 is 5.73 Å². The quantitative estimate of drug-likeness (QED) is 0.300. The Morgan fingerprint density at radius 3 is 1.86 bits per heavy atom. The van der Waals surface area contributed by atoms with Gasteiger partial charge in [-0.3, -0.25) is 0 Å². The first-order valence-electron chi connectivity index (χ1n) is 3.50. The Kier molecular flexibility index (Phi) is 0.940. The van der Waals surface area contributed by atoms with Gasteiger partial charge in [-0.2, -0.15) is 0 Å². The normalized spacial score (nSPS) is 22.3. The highest BCUT2D eigenvalue weighted by Gasteiger charge is 2.60. The maximum atomic E-state index is 11.2. The van der Waals surface area contributed by atoms with Crippen molar-refractivity contribution in [1.82, 2.24) is 0 Å². The maximum Gasteiger partial charge on any atom is 0.214 e. The first-order chi connectivity index (χ1) is 6.31. The van der Waals surface area contributed by atoms with E-state index in [0.29, 0.717) is 0 Å². The number of aromatic hydroxyl groups is 1. The number of phenolic OH excluding ortho intramolecular Hbond substituents is 1. The summed E-state index contributed by atoms with van der Waals surface area (Å²) in [6.07, 6.45) is 0. The van der Waals surface area contributed by atoms with Crippen LogP contribution in [0.4, 0.5) is 5.69 Å². The summed E-state index contributed by atoms with van der Waals surface area (Å²) >= 11 is 0. The van der Waals surface area contributed by atoms with E-state index in [9.17, 15) is 21.9 Å². The van der Waals surface area contributed by atoms with Gasteiger partial charge in [-0.15, -0.1) is 0 Å². The molecule has 14 heavy (non-hydrogen) atoms. The number of sulfone groups is 2. The van der Waals surface area contributed by atoms with Crippen molar-refractivity contribution in [2.24, 2.45) is 0 Å². The lowest BCUT2D eigenvalue weighted by Crippen LogP contribution is -1.85. The second kappa shape index (κ2) is 1.63. The van der Waals surface area contributed by atoms with Crippen LogP contribution in [-0.4, -0.2) is 21.9 Å². The molecule has 0 fully saturated rings. The molecular weight excluding hydrogens is 230 g/mol. The monoisotopic (exact) mass is 233 g/mol. The third-order valence-electron chi connectivity index (χ3n) is 2.33. The van der Waals surface area contributed by atoms with Crippen LogP contribution in [0.25, 0.3) is 0 Å². The Balaban J connectivity index is 2.61. The molecule has 8 heteroatoms. The molecule has 0 bridgehead atoms. The van der Waals surface area contributed by atoms with Crippen LogP contribution in [0.5, 0.6) is 5.75 Å². The third-order valence-corrected chi connectivity index (χ3v) is 5.83. The van der Waals surface area contributed by atoms with Gasteiger partial charge in [-0.05, 0) is 0 Å². The molecule has 0 saturated heterocycles. The first-order valence-corrected chi connectivity index (χ1v) is 6.46. The van der Waals surface area contributed by atoms with Crippen molar-refractivity contribution in [2.75, 3.05) is 5.73 Å². The largest absolute Gasteiger partial charge is 0.504 e. The molecule has 1 aromatic rings. The highest BCUT2D eigenvalue weighted by molar-refractivity contribution is 8.01. The van der Waals surface area contributed by atoms with Gasteiger partial charge in [0.1, 0.15) is 19.6 Å². The van der Waals surface area contributed by atoms with E-state index in [1.165, 1.54) is 0 Å². The van der Waals surface area contributed by atoms with E-state index in [4.69, 9.17) is 5.73 Å². The summed E-state index contributed by atoms with van der Waals surface area (Å²) < 4.78 is 44.7. The zero-order valence-electron chi connectivity index (χ0n) is 6.47. The van der Waals surface area contributed by atoms with Gasteiger partial charge in [0.05, 0.1) is 5.69 Å². The predicted molar refractivity (Wildman–Crippen MR) is 43.4 cm³/mol. The topological polar surface area (TPSA) is 115 Å². The SMILES string of the molecule is Nc1c(O)c2c(c3c1S3(=O)=O)S2(=O)=O. The van der Waals surface area contributed by atoms with Crippen LogP contribution in [-0.2, 0) is 19.7 Å². The Bertz CT molecular complexity index is 650. The van der Waals surface area contributed by atoms with Crippen molar-refractivity contribution in [2.45, 2.75) is 19.6 Å². The molecule has 3 rings (SSSR count). The van der Waals surface area contributed by atoms with E-state index >= 15 is 0 Å². The van der Waals surface area contributed by atoms with Crippen LogP contribution in [0.15, 0.2) is 19.6 Å². The molecule has 3 N–H and O–H groups in total. The smallest absolute Gasteiger partial charge is 0.214 e. The highest BCUT2D eigenvalue weighted by atomic mass is 32.2. The Morgan fingerprint density at radius 2 is 1.29 bits per heavy atom. The number of nitrogen functional groups attached to an aromatic ring is 1. The Hall–Kier alpha value is -1.28. The van der Waals surface area contributed by atoms with E-state index in [1.807, 2.05) is 0 Å². The van der Waals surface area contributed by atoms with Crippen molar-refractivity contribution < 1.29 is 21.9 Å². The minimum absolute atomic E-state index is 0.234.